The lowest BCUT2D eigenvalue weighted by Gasteiger charge is -2.02. The van der Waals surface area contributed by atoms with Gasteiger partial charge in [0.25, 0.3) is 5.56 Å². The first kappa shape index (κ1) is 11.6. The van der Waals surface area contributed by atoms with Gasteiger partial charge in [0.2, 0.25) is 0 Å². The number of hydrogen-bond donors (Lipinski definition) is 1. The van der Waals surface area contributed by atoms with Gasteiger partial charge in [0.15, 0.2) is 11.3 Å². The SMILES string of the molecule is Cc1ccc(-c2nn3c(C)nc(C)c3c(=O)[nH]2)cn1. The summed E-state index contributed by atoms with van der Waals surface area (Å²) < 4.78 is 1.57. The van der Waals surface area contributed by atoms with Crippen molar-refractivity contribution in [1.82, 2.24) is 24.6 Å². The number of pyridine rings is 1. The molecule has 0 amide bonds. The van der Waals surface area contributed by atoms with Gasteiger partial charge in [-0.1, -0.05) is 0 Å². The molecule has 3 aromatic rings. The highest BCUT2D eigenvalue weighted by Crippen LogP contribution is 2.13. The number of fused-ring (bicyclic) bond motifs is 1. The Morgan fingerprint density at radius 2 is 2.00 bits per heavy atom. The lowest BCUT2D eigenvalue weighted by Crippen LogP contribution is -2.15. The van der Waals surface area contributed by atoms with Crippen LogP contribution in [0.3, 0.4) is 0 Å². The lowest BCUT2D eigenvalue weighted by atomic mass is 10.2. The molecule has 0 atom stereocenters. The fourth-order valence-corrected chi connectivity index (χ4v) is 2.07. The standard InChI is InChI=1S/C13H13N5O/c1-7-4-5-10(6-14-7)12-16-13(19)11-8(2)15-9(3)18(11)17-12/h4-6H,1-3H3,(H,16,17,19). The van der Waals surface area contributed by atoms with Crippen LogP contribution in [0.4, 0.5) is 0 Å². The van der Waals surface area contributed by atoms with E-state index in [9.17, 15) is 4.79 Å². The molecule has 0 radical (unpaired) electrons. The third-order valence-electron chi connectivity index (χ3n) is 3.02. The van der Waals surface area contributed by atoms with Gasteiger partial charge in [0.1, 0.15) is 5.82 Å². The molecule has 0 bridgehead atoms. The molecule has 0 saturated heterocycles. The highest BCUT2D eigenvalue weighted by atomic mass is 16.1. The number of imidazole rings is 1. The molecule has 0 spiro atoms. The normalized spacial score (nSPS) is 11.1. The van der Waals surface area contributed by atoms with Crippen molar-refractivity contribution in [2.75, 3.05) is 0 Å². The summed E-state index contributed by atoms with van der Waals surface area (Å²) >= 11 is 0. The predicted molar refractivity (Wildman–Crippen MR) is 71.0 cm³/mol. The van der Waals surface area contributed by atoms with Crippen molar-refractivity contribution in [3.05, 3.63) is 45.9 Å². The predicted octanol–water partition coefficient (Wildman–Crippen LogP) is 1.40. The number of H-pyrrole nitrogens is 1. The van der Waals surface area contributed by atoms with Crippen LogP contribution in [0.1, 0.15) is 17.2 Å². The Kier molecular flexibility index (Phi) is 2.45. The molecular weight excluding hydrogens is 242 g/mol. The minimum atomic E-state index is -0.191. The van der Waals surface area contributed by atoms with Crippen LogP contribution < -0.4 is 5.56 Å². The van der Waals surface area contributed by atoms with Crippen LogP contribution in [0.15, 0.2) is 23.1 Å². The molecule has 1 N–H and O–H groups in total. The van der Waals surface area contributed by atoms with Crippen LogP contribution in [-0.2, 0) is 0 Å². The summed E-state index contributed by atoms with van der Waals surface area (Å²) in [5.41, 5.74) is 2.67. The van der Waals surface area contributed by atoms with Crippen molar-refractivity contribution in [1.29, 1.82) is 0 Å². The average molecular weight is 255 g/mol. The summed E-state index contributed by atoms with van der Waals surface area (Å²) in [6, 6.07) is 3.76. The van der Waals surface area contributed by atoms with E-state index in [1.54, 1.807) is 17.6 Å². The maximum atomic E-state index is 12.1. The second kappa shape index (κ2) is 4.01. The third kappa shape index (κ3) is 1.81. The Hall–Kier alpha value is -2.50. The zero-order chi connectivity index (χ0) is 13.6. The first-order valence-corrected chi connectivity index (χ1v) is 5.95. The summed E-state index contributed by atoms with van der Waals surface area (Å²) in [4.78, 5) is 23.3. The second-order valence-corrected chi connectivity index (χ2v) is 4.50. The molecule has 6 heteroatoms. The Bertz CT molecular complexity index is 813. The molecule has 0 aliphatic carbocycles. The topological polar surface area (TPSA) is 75.9 Å². The van der Waals surface area contributed by atoms with Gasteiger partial charge in [0, 0.05) is 17.5 Å². The fraction of sp³-hybridized carbons (Fsp3) is 0.231. The minimum Gasteiger partial charge on any atom is -0.303 e. The molecule has 6 nitrogen and oxygen atoms in total. The number of aromatic amines is 1. The van der Waals surface area contributed by atoms with Gasteiger partial charge in [-0.15, -0.1) is 5.10 Å². The van der Waals surface area contributed by atoms with E-state index in [1.807, 2.05) is 26.0 Å². The van der Waals surface area contributed by atoms with E-state index in [4.69, 9.17) is 0 Å². The molecule has 3 aromatic heterocycles. The smallest absolute Gasteiger partial charge is 0.277 e. The van der Waals surface area contributed by atoms with Crippen molar-refractivity contribution < 1.29 is 0 Å². The first-order valence-electron chi connectivity index (χ1n) is 5.95. The average Bonchev–Trinajstić information content (AvgIpc) is 2.66. The largest absolute Gasteiger partial charge is 0.303 e. The molecule has 3 heterocycles. The maximum absolute atomic E-state index is 12.1. The van der Waals surface area contributed by atoms with Crippen LogP contribution >= 0.6 is 0 Å². The summed E-state index contributed by atoms with van der Waals surface area (Å²) in [5.74, 6) is 1.19. The van der Waals surface area contributed by atoms with Crippen molar-refractivity contribution in [3.8, 4) is 11.4 Å². The summed E-state index contributed by atoms with van der Waals surface area (Å²) in [6.45, 7) is 5.53. The van der Waals surface area contributed by atoms with Crippen LogP contribution in [0.2, 0.25) is 0 Å². The Balaban J connectivity index is 2.29. The van der Waals surface area contributed by atoms with E-state index in [-0.39, 0.29) is 5.56 Å². The number of rotatable bonds is 1. The monoisotopic (exact) mass is 255 g/mol. The molecule has 0 aliphatic heterocycles. The number of nitrogens with one attached hydrogen (secondary N) is 1. The van der Waals surface area contributed by atoms with E-state index in [2.05, 4.69) is 20.1 Å². The van der Waals surface area contributed by atoms with Gasteiger partial charge in [-0.25, -0.2) is 9.50 Å². The quantitative estimate of drug-likeness (QED) is 0.713. The summed E-state index contributed by atoms with van der Waals surface area (Å²) in [5, 5.41) is 4.41. The zero-order valence-corrected chi connectivity index (χ0v) is 10.9. The van der Waals surface area contributed by atoms with Gasteiger partial charge in [-0.2, -0.15) is 0 Å². The van der Waals surface area contributed by atoms with E-state index in [1.165, 1.54) is 0 Å². The number of aromatic nitrogens is 5. The van der Waals surface area contributed by atoms with Crippen molar-refractivity contribution >= 4 is 5.52 Å². The van der Waals surface area contributed by atoms with Crippen LogP contribution in [-0.4, -0.2) is 24.6 Å². The van der Waals surface area contributed by atoms with Gasteiger partial charge in [0.05, 0.1) is 5.69 Å². The highest BCUT2D eigenvalue weighted by Gasteiger charge is 2.12. The van der Waals surface area contributed by atoms with E-state index in [0.717, 1.165) is 11.3 Å². The van der Waals surface area contributed by atoms with Crippen LogP contribution in [0.5, 0.6) is 0 Å². The first-order chi connectivity index (χ1) is 9.06. The van der Waals surface area contributed by atoms with E-state index in [0.29, 0.717) is 22.9 Å². The van der Waals surface area contributed by atoms with Crippen molar-refractivity contribution in [2.45, 2.75) is 20.8 Å². The van der Waals surface area contributed by atoms with Crippen LogP contribution in [0.25, 0.3) is 16.9 Å². The molecule has 0 fully saturated rings. The molecule has 0 saturated carbocycles. The second-order valence-electron chi connectivity index (χ2n) is 4.50. The minimum absolute atomic E-state index is 0.191. The molecular formula is C13H13N5O. The van der Waals surface area contributed by atoms with Gasteiger partial charge < -0.3 is 4.98 Å². The Labute approximate surface area is 109 Å². The van der Waals surface area contributed by atoms with Gasteiger partial charge >= 0.3 is 0 Å². The molecule has 0 unspecified atom stereocenters. The van der Waals surface area contributed by atoms with Crippen molar-refractivity contribution in [3.63, 3.8) is 0 Å². The van der Waals surface area contributed by atoms with E-state index < -0.39 is 0 Å². The molecule has 0 aromatic carbocycles. The number of hydrogen-bond acceptors (Lipinski definition) is 4. The molecule has 96 valence electrons. The summed E-state index contributed by atoms with van der Waals surface area (Å²) in [7, 11) is 0. The third-order valence-corrected chi connectivity index (χ3v) is 3.02. The number of aryl methyl sites for hydroxylation is 3. The van der Waals surface area contributed by atoms with E-state index >= 15 is 0 Å². The van der Waals surface area contributed by atoms with Gasteiger partial charge in [-0.3, -0.25) is 9.78 Å². The van der Waals surface area contributed by atoms with Crippen LogP contribution in [0, 0.1) is 20.8 Å². The number of nitrogens with zero attached hydrogens (tertiary/aromatic N) is 4. The fourth-order valence-electron chi connectivity index (χ4n) is 2.07. The highest BCUT2D eigenvalue weighted by molar-refractivity contribution is 5.56. The summed E-state index contributed by atoms with van der Waals surface area (Å²) in [6.07, 6.45) is 1.69. The Morgan fingerprint density at radius 3 is 2.68 bits per heavy atom. The molecule has 19 heavy (non-hydrogen) atoms. The zero-order valence-electron chi connectivity index (χ0n) is 10.9. The van der Waals surface area contributed by atoms with Crippen molar-refractivity contribution in [2.24, 2.45) is 0 Å². The molecule has 0 aliphatic rings. The van der Waals surface area contributed by atoms with Gasteiger partial charge in [-0.05, 0) is 32.9 Å². The Morgan fingerprint density at radius 1 is 1.21 bits per heavy atom. The lowest BCUT2D eigenvalue weighted by molar-refractivity contribution is 0.849. The maximum Gasteiger partial charge on any atom is 0.277 e. The molecule has 3 rings (SSSR count).